The molecule has 0 radical (unpaired) electrons. The van der Waals surface area contributed by atoms with Gasteiger partial charge in [-0.25, -0.2) is 0 Å². The van der Waals surface area contributed by atoms with Crippen LogP contribution in [0.15, 0.2) is 0 Å². The molecule has 112 valence electrons. The van der Waals surface area contributed by atoms with Gasteiger partial charge in [-0.2, -0.15) is 15.0 Å². The second-order valence-electron chi connectivity index (χ2n) is 5.30. The predicted octanol–water partition coefficient (Wildman–Crippen LogP) is 1.93. The molecule has 20 heavy (non-hydrogen) atoms. The Kier molecular flexibility index (Phi) is 4.98. The van der Waals surface area contributed by atoms with Gasteiger partial charge in [0.25, 0.3) is 0 Å². The van der Waals surface area contributed by atoms with Crippen LogP contribution in [0.25, 0.3) is 0 Å². The second kappa shape index (κ2) is 6.72. The average Bonchev–Trinajstić information content (AvgIpc) is 2.38. The first kappa shape index (κ1) is 14.8. The quantitative estimate of drug-likeness (QED) is 0.821. The Morgan fingerprint density at radius 3 is 1.95 bits per heavy atom. The Hall–Kier alpha value is -1.59. The van der Waals surface area contributed by atoms with Gasteiger partial charge >= 0.3 is 0 Å². The topological polar surface area (TPSA) is 71.2 Å². The van der Waals surface area contributed by atoms with E-state index in [4.69, 9.17) is 5.73 Å². The molecule has 0 saturated heterocycles. The van der Waals surface area contributed by atoms with Crippen LogP contribution in [0.1, 0.15) is 40.0 Å². The zero-order chi connectivity index (χ0) is 14.5. The molecule has 1 aromatic rings. The van der Waals surface area contributed by atoms with E-state index in [0.717, 1.165) is 32.1 Å². The standard InChI is InChI=1S/C14H26N6/c1-4-19(5-2)13-16-12(15)17-14(18-13)20(6-3)10-11-8-7-9-11/h11H,4-10H2,1-3H3,(H2,15,16,17,18). The Morgan fingerprint density at radius 1 is 0.950 bits per heavy atom. The van der Waals surface area contributed by atoms with Crippen LogP contribution in [0, 0.1) is 5.92 Å². The number of anilines is 3. The molecule has 2 N–H and O–H groups in total. The van der Waals surface area contributed by atoms with E-state index in [1.54, 1.807) is 0 Å². The van der Waals surface area contributed by atoms with Crippen LogP contribution in [0.2, 0.25) is 0 Å². The maximum atomic E-state index is 5.86. The number of nitrogens with two attached hydrogens (primary N) is 1. The van der Waals surface area contributed by atoms with Crippen molar-refractivity contribution in [1.29, 1.82) is 0 Å². The third kappa shape index (κ3) is 3.29. The molecule has 1 fully saturated rings. The first-order valence-electron chi connectivity index (χ1n) is 7.69. The number of hydrogen-bond acceptors (Lipinski definition) is 6. The minimum absolute atomic E-state index is 0.309. The molecule has 2 rings (SSSR count). The molecule has 1 heterocycles. The first-order valence-corrected chi connectivity index (χ1v) is 7.69. The van der Waals surface area contributed by atoms with Gasteiger partial charge in [0.2, 0.25) is 17.8 Å². The molecule has 1 aliphatic carbocycles. The SMILES string of the molecule is CCN(CC)c1nc(N)nc(N(CC)CC2CCC2)n1. The smallest absolute Gasteiger partial charge is 0.231 e. The van der Waals surface area contributed by atoms with Crippen molar-refractivity contribution in [3.8, 4) is 0 Å². The third-order valence-corrected chi connectivity index (χ3v) is 4.04. The van der Waals surface area contributed by atoms with E-state index in [1.165, 1.54) is 19.3 Å². The largest absolute Gasteiger partial charge is 0.368 e. The fraction of sp³-hybridized carbons (Fsp3) is 0.786. The molecule has 0 bridgehead atoms. The molecule has 0 amide bonds. The summed E-state index contributed by atoms with van der Waals surface area (Å²) in [6.07, 6.45) is 3.99. The molecular weight excluding hydrogens is 252 g/mol. The Morgan fingerprint density at radius 2 is 1.50 bits per heavy atom. The van der Waals surface area contributed by atoms with Gasteiger partial charge < -0.3 is 15.5 Å². The molecule has 6 heteroatoms. The van der Waals surface area contributed by atoms with Crippen LogP contribution in [-0.2, 0) is 0 Å². The van der Waals surface area contributed by atoms with E-state index in [9.17, 15) is 0 Å². The van der Waals surface area contributed by atoms with Crippen LogP contribution in [0.4, 0.5) is 17.8 Å². The zero-order valence-corrected chi connectivity index (χ0v) is 12.8. The van der Waals surface area contributed by atoms with E-state index in [2.05, 4.69) is 45.5 Å². The van der Waals surface area contributed by atoms with E-state index in [0.29, 0.717) is 17.8 Å². The normalized spacial score (nSPS) is 14.9. The summed E-state index contributed by atoms with van der Waals surface area (Å²) in [5.74, 6) is 2.49. The van der Waals surface area contributed by atoms with Crippen molar-refractivity contribution < 1.29 is 0 Å². The predicted molar refractivity (Wildman–Crippen MR) is 83.0 cm³/mol. The van der Waals surface area contributed by atoms with Gasteiger partial charge in [0.1, 0.15) is 0 Å². The van der Waals surface area contributed by atoms with Crippen molar-refractivity contribution in [3.05, 3.63) is 0 Å². The van der Waals surface area contributed by atoms with Crippen LogP contribution in [-0.4, -0.2) is 41.1 Å². The number of nitrogen functional groups attached to an aromatic ring is 1. The van der Waals surface area contributed by atoms with E-state index in [-0.39, 0.29) is 0 Å². The lowest BCUT2D eigenvalue weighted by Gasteiger charge is -2.32. The maximum Gasteiger partial charge on any atom is 0.231 e. The summed E-state index contributed by atoms with van der Waals surface area (Å²) in [6.45, 7) is 9.98. The summed E-state index contributed by atoms with van der Waals surface area (Å²) in [6, 6.07) is 0. The van der Waals surface area contributed by atoms with Crippen molar-refractivity contribution >= 4 is 17.8 Å². The van der Waals surface area contributed by atoms with Crippen molar-refractivity contribution in [2.75, 3.05) is 41.7 Å². The Balaban J connectivity index is 2.19. The van der Waals surface area contributed by atoms with Gasteiger partial charge in [0.15, 0.2) is 0 Å². The summed E-state index contributed by atoms with van der Waals surface area (Å²) in [5, 5.41) is 0. The van der Waals surface area contributed by atoms with Gasteiger partial charge in [0.05, 0.1) is 0 Å². The summed E-state index contributed by atoms with van der Waals surface area (Å²) in [4.78, 5) is 17.5. The number of aromatic nitrogens is 3. The van der Waals surface area contributed by atoms with Gasteiger partial charge in [0, 0.05) is 26.2 Å². The molecule has 0 aliphatic heterocycles. The molecule has 0 spiro atoms. The molecule has 1 aliphatic rings. The van der Waals surface area contributed by atoms with Crippen LogP contribution < -0.4 is 15.5 Å². The zero-order valence-electron chi connectivity index (χ0n) is 12.8. The molecule has 1 saturated carbocycles. The van der Waals surface area contributed by atoms with Crippen LogP contribution >= 0.6 is 0 Å². The Labute approximate surface area is 121 Å². The van der Waals surface area contributed by atoms with Gasteiger partial charge in [-0.1, -0.05) is 6.42 Å². The molecule has 0 unspecified atom stereocenters. The molecule has 0 aromatic carbocycles. The molecular formula is C14H26N6. The van der Waals surface area contributed by atoms with E-state index < -0.39 is 0 Å². The van der Waals surface area contributed by atoms with Crippen molar-refractivity contribution in [3.63, 3.8) is 0 Å². The lowest BCUT2D eigenvalue weighted by Crippen LogP contribution is -2.34. The lowest BCUT2D eigenvalue weighted by molar-refractivity contribution is 0.317. The monoisotopic (exact) mass is 278 g/mol. The van der Waals surface area contributed by atoms with E-state index >= 15 is 0 Å². The summed E-state index contributed by atoms with van der Waals surface area (Å²) in [5.41, 5.74) is 5.86. The fourth-order valence-corrected chi connectivity index (χ4v) is 2.50. The number of hydrogen-bond donors (Lipinski definition) is 1. The summed E-state index contributed by atoms with van der Waals surface area (Å²) in [7, 11) is 0. The van der Waals surface area contributed by atoms with Crippen LogP contribution in [0.3, 0.4) is 0 Å². The third-order valence-electron chi connectivity index (χ3n) is 4.04. The van der Waals surface area contributed by atoms with Crippen molar-refractivity contribution in [2.24, 2.45) is 5.92 Å². The summed E-state index contributed by atoms with van der Waals surface area (Å²) < 4.78 is 0. The minimum atomic E-state index is 0.309. The first-order chi connectivity index (χ1) is 9.67. The highest BCUT2D eigenvalue weighted by molar-refractivity contribution is 5.43. The second-order valence-corrected chi connectivity index (χ2v) is 5.30. The van der Waals surface area contributed by atoms with Gasteiger partial charge in [-0.3, -0.25) is 0 Å². The number of nitrogens with zero attached hydrogens (tertiary/aromatic N) is 5. The highest BCUT2D eigenvalue weighted by Gasteiger charge is 2.22. The number of rotatable bonds is 7. The molecule has 6 nitrogen and oxygen atoms in total. The fourth-order valence-electron chi connectivity index (χ4n) is 2.50. The minimum Gasteiger partial charge on any atom is -0.368 e. The maximum absolute atomic E-state index is 5.86. The van der Waals surface area contributed by atoms with Crippen molar-refractivity contribution in [1.82, 2.24) is 15.0 Å². The lowest BCUT2D eigenvalue weighted by atomic mass is 9.85. The highest BCUT2D eigenvalue weighted by atomic mass is 15.3. The highest BCUT2D eigenvalue weighted by Crippen LogP contribution is 2.28. The Bertz CT molecular complexity index is 428. The van der Waals surface area contributed by atoms with Gasteiger partial charge in [-0.15, -0.1) is 0 Å². The molecule has 1 aromatic heterocycles. The molecule has 0 atom stereocenters. The van der Waals surface area contributed by atoms with E-state index in [1.807, 2.05) is 0 Å². The average molecular weight is 278 g/mol. The van der Waals surface area contributed by atoms with Crippen molar-refractivity contribution in [2.45, 2.75) is 40.0 Å². The van der Waals surface area contributed by atoms with Gasteiger partial charge in [-0.05, 0) is 39.5 Å². The summed E-state index contributed by atoms with van der Waals surface area (Å²) >= 11 is 0. The van der Waals surface area contributed by atoms with Crippen LogP contribution in [0.5, 0.6) is 0 Å².